The second-order valence-corrected chi connectivity index (χ2v) is 6.26. The average molecular weight is 220 g/mol. The molecule has 4 aliphatic rings. The zero-order chi connectivity index (χ0) is 11.6. The van der Waals surface area contributed by atoms with E-state index in [4.69, 9.17) is 9.47 Å². The third kappa shape index (κ3) is 0.505. The van der Waals surface area contributed by atoms with Crippen LogP contribution in [0.5, 0.6) is 0 Å². The molecule has 6 atom stereocenters. The predicted molar refractivity (Wildman–Crippen MR) is 56.9 cm³/mol. The van der Waals surface area contributed by atoms with E-state index in [2.05, 4.69) is 13.8 Å². The second kappa shape index (κ2) is 1.93. The van der Waals surface area contributed by atoms with E-state index < -0.39 is 10.8 Å². The monoisotopic (exact) mass is 220 g/mol. The van der Waals surface area contributed by atoms with Crippen molar-refractivity contribution in [3.63, 3.8) is 0 Å². The lowest BCUT2D eigenvalue weighted by molar-refractivity contribution is -0.180. The maximum Gasteiger partial charge on any atom is 0.156 e. The summed E-state index contributed by atoms with van der Waals surface area (Å²) in [6, 6.07) is 0. The highest BCUT2D eigenvalue weighted by molar-refractivity contribution is 6.00. The number of fused-ring (bicyclic) bond motifs is 9. The van der Waals surface area contributed by atoms with Gasteiger partial charge in [0.05, 0.1) is 23.0 Å². The highest BCUT2D eigenvalue weighted by Gasteiger charge is 2.93. The molecule has 2 saturated heterocycles. The van der Waals surface area contributed by atoms with Crippen LogP contribution in [0.1, 0.15) is 27.7 Å². The van der Waals surface area contributed by atoms with Crippen molar-refractivity contribution in [3.8, 4) is 0 Å². The fourth-order valence-electron chi connectivity index (χ4n) is 4.47. The van der Waals surface area contributed by atoms with Crippen molar-refractivity contribution in [2.45, 2.75) is 51.1 Å². The molecule has 0 spiro atoms. The Hall–Kier alpha value is -0.670. The summed E-state index contributed by atoms with van der Waals surface area (Å²) < 4.78 is 12.0. The molecule has 3 fully saturated rings. The summed E-state index contributed by atoms with van der Waals surface area (Å²) in [5, 5.41) is 0. The zero-order valence-electron chi connectivity index (χ0n) is 10.0. The summed E-state index contributed by atoms with van der Waals surface area (Å²) in [4.78, 5) is 12.7. The molecule has 4 rings (SSSR count). The minimum absolute atomic E-state index is 0.104. The minimum Gasteiger partial charge on any atom is -0.365 e. The lowest BCUT2D eigenvalue weighted by Gasteiger charge is -2.44. The predicted octanol–water partition coefficient (Wildman–Crippen LogP) is 1.47. The van der Waals surface area contributed by atoms with E-state index in [0.717, 1.165) is 0 Å². The maximum absolute atomic E-state index is 12.7. The van der Waals surface area contributed by atoms with Gasteiger partial charge in [0.15, 0.2) is 5.78 Å². The highest BCUT2D eigenvalue weighted by Crippen LogP contribution is 2.78. The van der Waals surface area contributed by atoms with Crippen molar-refractivity contribution in [2.24, 2.45) is 10.8 Å². The maximum atomic E-state index is 12.7. The fraction of sp³-hybridized carbons (Fsp3) is 0.769. The number of carbonyl (C=O) groups is 1. The van der Waals surface area contributed by atoms with Crippen molar-refractivity contribution in [3.05, 3.63) is 12.2 Å². The Kier molecular flexibility index (Phi) is 1.13. The van der Waals surface area contributed by atoms with Gasteiger partial charge in [-0.15, -0.1) is 0 Å². The van der Waals surface area contributed by atoms with Gasteiger partial charge < -0.3 is 9.47 Å². The van der Waals surface area contributed by atoms with E-state index in [1.807, 2.05) is 26.0 Å². The van der Waals surface area contributed by atoms with Gasteiger partial charge in [-0.05, 0) is 27.7 Å². The van der Waals surface area contributed by atoms with E-state index in [1.54, 1.807) is 0 Å². The molecular formula is C13H16O3. The third-order valence-electron chi connectivity index (χ3n) is 6.09. The molecule has 0 aromatic carbocycles. The molecular weight excluding hydrogens is 204 g/mol. The van der Waals surface area contributed by atoms with Gasteiger partial charge in [0.2, 0.25) is 0 Å². The van der Waals surface area contributed by atoms with Crippen LogP contribution in [0.4, 0.5) is 0 Å². The molecule has 3 aliphatic heterocycles. The standard InChI is InChI=1S/C13H16O3/c1-10-7-5-6-8(15-7)11(2,9(10)14)13(4)12(10,3)16-13/h5-8H,1-4H3/t7-,8+,10-,11+,12+,13-. The molecule has 4 bridgehead atoms. The fourth-order valence-corrected chi connectivity index (χ4v) is 4.47. The van der Waals surface area contributed by atoms with Crippen LogP contribution in [0, 0.1) is 10.8 Å². The molecule has 16 heavy (non-hydrogen) atoms. The summed E-state index contributed by atoms with van der Waals surface area (Å²) in [5.41, 5.74) is -1.73. The van der Waals surface area contributed by atoms with Crippen molar-refractivity contribution in [1.29, 1.82) is 0 Å². The molecule has 0 unspecified atom stereocenters. The number of Topliss-reactive ketones (excluding diaryl/α,β-unsaturated/α-hetero) is 1. The van der Waals surface area contributed by atoms with E-state index in [1.165, 1.54) is 0 Å². The Morgan fingerprint density at radius 2 is 1.44 bits per heavy atom. The number of hydrogen-bond acceptors (Lipinski definition) is 3. The van der Waals surface area contributed by atoms with Crippen LogP contribution in [0.2, 0.25) is 0 Å². The number of hydrogen-bond donors (Lipinski definition) is 0. The molecule has 3 heterocycles. The topological polar surface area (TPSA) is 38.8 Å². The van der Waals surface area contributed by atoms with Crippen molar-refractivity contribution < 1.29 is 14.3 Å². The number of ketones is 1. The highest BCUT2D eigenvalue weighted by atomic mass is 16.6. The first kappa shape index (κ1) is 9.37. The first-order valence-electron chi connectivity index (χ1n) is 5.91. The lowest BCUT2D eigenvalue weighted by atomic mass is 9.70. The summed E-state index contributed by atoms with van der Waals surface area (Å²) in [5.74, 6) is 0.322. The SMILES string of the molecule is C[C@]12O[C@@]1(C)[C@@]1(C)C(=O)[C@]2(C)[C@@H]2C=C[C@H]1O2. The molecule has 0 aromatic rings. The van der Waals surface area contributed by atoms with Gasteiger partial charge in [-0.25, -0.2) is 0 Å². The van der Waals surface area contributed by atoms with E-state index in [0.29, 0.717) is 5.78 Å². The first-order valence-corrected chi connectivity index (χ1v) is 5.91. The van der Waals surface area contributed by atoms with Gasteiger partial charge >= 0.3 is 0 Å². The average Bonchev–Trinajstić information content (AvgIpc) is 2.67. The van der Waals surface area contributed by atoms with Crippen LogP contribution in [0.3, 0.4) is 0 Å². The van der Waals surface area contributed by atoms with Gasteiger partial charge in [-0.1, -0.05) is 12.2 Å². The van der Waals surface area contributed by atoms with Crippen LogP contribution >= 0.6 is 0 Å². The number of epoxide rings is 1. The Morgan fingerprint density at radius 1 is 1.00 bits per heavy atom. The second-order valence-electron chi connectivity index (χ2n) is 6.26. The normalized spacial score (nSPS) is 69.6. The van der Waals surface area contributed by atoms with E-state index >= 15 is 0 Å². The largest absolute Gasteiger partial charge is 0.365 e. The molecule has 1 aliphatic carbocycles. The molecule has 0 N–H and O–H groups in total. The van der Waals surface area contributed by atoms with Gasteiger partial charge in [-0.3, -0.25) is 4.79 Å². The number of carbonyl (C=O) groups excluding carboxylic acids is 1. The number of ether oxygens (including phenoxy) is 2. The van der Waals surface area contributed by atoms with Crippen LogP contribution in [-0.4, -0.2) is 29.2 Å². The summed E-state index contributed by atoms with van der Waals surface area (Å²) in [7, 11) is 0. The van der Waals surface area contributed by atoms with Crippen LogP contribution < -0.4 is 0 Å². The molecule has 0 aromatic heterocycles. The quantitative estimate of drug-likeness (QED) is 0.458. The Bertz CT molecular complexity index is 432. The van der Waals surface area contributed by atoms with Crippen LogP contribution in [0.15, 0.2) is 12.2 Å². The van der Waals surface area contributed by atoms with E-state index in [9.17, 15) is 4.79 Å². The minimum atomic E-state index is -0.514. The Balaban J connectivity index is 2.08. The van der Waals surface area contributed by atoms with E-state index in [-0.39, 0.29) is 23.4 Å². The van der Waals surface area contributed by atoms with Gasteiger partial charge in [0.1, 0.15) is 11.2 Å². The molecule has 86 valence electrons. The molecule has 3 nitrogen and oxygen atoms in total. The molecule has 1 saturated carbocycles. The molecule has 0 radical (unpaired) electrons. The van der Waals surface area contributed by atoms with Gasteiger partial charge in [0.25, 0.3) is 0 Å². The van der Waals surface area contributed by atoms with Gasteiger partial charge in [0, 0.05) is 0 Å². The number of rotatable bonds is 0. The summed E-state index contributed by atoms with van der Waals surface area (Å²) >= 11 is 0. The van der Waals surface area contributed by atoms with Crippen molar-refractivity contribution in [2.75, 3.05) is 0 Å². The Morgan fingerprint density at radius 3 is 1.88 bits per heavy atom. The summed E-state index contributed by atoms with van der Waals surface area (Å²) in [6.45, 7) is 8.13. The van der Waals surface area contributed by atoms with Gasteiger partial charge in [-0.2, -0.15) is 0 Å². The van der Waals surface area contributed by atoms with Crippen molar-refractivity contribution in [1.82, 2.24) is 0 Å². The van der Waals surface area contributed by atoms with Crippen LogP contribution in [0.25, 0.3) is 0 Å². The zero-order valence-corrected chi connectivity index (χ0v) is 10.0. The first-order chi connectivity index (χ1) is 7.32. The Labute approximate surface area is 94.8 Å². The van der Waals surface area contributed by atoms with Crippen molar-refractivity contribution >= 4 is 5.78 Å². The third-order valence-corrected chi connectivity index (χ3v) is 6.09. The summed E-state index contributed by atoms with van der Waals surface area (Å²) in [6.07, 6.45) is 3.88. The van der Waals surface area contributed by atoms with Crippen LogP contribution in [-0.2, 0) is 14.3 Å². The molecule has 3 heteroatoms. The lowest BCUT2D eigenvalue weighted by Crippen LogP contribution is -2.57. The smallest absolute Gasteiger partial charge is 0.156 e. The molecule has 0 amide bonds.